The first-order valence-electron chi connectivity index (χ1n) is 20.6. The van der Waals surface area contributed by atoms with E-state index in [1.165, 1.54) is 11.1 Å². The van der Waals surface area contributed by atoms with Crippen molar-refractivity contribution in [3.05, 3.63) is 187 Å². The third-order valence-electron chi connectivity index (χ3n) is 11.1. The number of hydrogen-bond acceptors (Lipinski definition) is 5. The highest BCUT2D eigenvalue weighted by atomic mass is 15.1. The number of para-hydroxylation sites is 4. The predicted octanol–water partition coefficient (Wildman–Crippen LogP) is 13.1. The van der Waals surface area contributed by atoms with E-state index in [0.29, 0.717) is 29.3 Å². The van der Waals surface area contributed by atoms with Crippen molar-refractivity contribution in [3.63, 3.8) is 0 Å². The summed E-state index contributed by atoms with van der Waals surface area (Å²) in [7, 11) is 0. The first-order valence-corrected chi connectivity index (χ1v) is 20.6. The second kappa shape index (κ2) is 15.3. The molecule has 290 valence electrons. The van der Waals surface area contributed by atoms with Crippen LogP contribution >= 0.6 is 0 Å². The average molecular weight is 778 g/mol. The van der Waals surface area contributed by atoms with Gasteiger partial charge in [-0.3, -0.25) is 9.13 Å². The maximum atomic E-state index is 5.31. The van der Waals surface area contributed by atoms with Crippen LogP contribution in [0, 0.1) is 0 Å². The van der Waals surface area contributed by atoms with E-state index in [1.807, 2.05) is 72.8 Å². The minimum Gasteiger partial charge on any atom is -0.292 e. The van der Waals surface area contributed by atoms with Crippen molar-refractivity contribution in [2.24, 2.45) is 0 Å². The quantitative estimate of drug-likeness (QED) is 0.146. The summed E-state index contributed by atoms with van der Waals surface area (Å²) in [6, 6.07) is 61.0. The molecule has 0 unspecified atom stereocenters. The summed E-state index contributed by atoms with van der Waals surface area (Å²) in [5.41, 5.74) is 12.9. The third-order valence-corrected chi connectivity index (χ3v) is 11.1. The molecule has 0 saturated heterocycles. The molecule has 0 aliphatic heterocycles. The van der Waals surface area contributed by atoms with Gasteiger partial charge in [0.05, 0.1) is 33.4 Å². The highest BCUT2D eigenvalue weighted by Gasteiger charge is 2.22. The van der Waals surface area contributed by atoms with Crippen molar-refractivity contribution in [1.29, 1.82) is 0 Å². The summed E-state index contributed by atoms with van der Waals surface area (Å²) in [6.07, 6.45) is 0. The van der Waals surface area contributed by atoms with E-state index in [4.69, 9.17) is 24.9 Å². The molecule has 7 aromatic carbocycles. The highest BCUT2D eigenvalue weighted by molar-refractivity contribution is 5.87. The number of rotatable bonds is 9. The van der Waals surface area contributed by atoms with Gasteiger partial charge in [0.25, 0.3) is 0 Å². The SMILES string of the molecule is CC(C)c1cccc(-c2nc3ccccc3n2-c2cc(-c3nc(-c4ccccc4)nc(-c4ccccc4)n3)cc(-n3c(-c4cccc(C(C)C)c4)nc4ccccc43)c2)c1. The molecule has 3 heterocycles. The average Bonchev–Trinajstić information content (AvgIpc) is 3.89. The number of aromatic nitrogens is 7. The molecular formula is C53H43N7. The van der Waals surface area contributed by atoms with E-state index in [9.17, 15) is 0 Å². The molecule has 10 rings (SSSR count). The van der Waals surface area contributed by atoms with Gasteiger partial charge in [-0.25, -0.2) is 24.9 Å². The molecule has 7 nitrogen and oxygen atoms in total. The molecular weight excluding hydrogens is 735 g/mol. The van der Waals surface area contributed by atoms with E-state index in [2.05, 4.69) is 140 Å². The molecule has 7 heteroatoms. The lowest BCUT2D eigenvalue weighted by molar-refractivity contribution is 0.866. The van der Waals surface area contributed by atoms with Crippen LogP contribution < -0.4 is 0 Å². The zero-order valence-electron chi connectivity index (χ0n) is 34.0. The molecule has 0 radical (unpaired) electrons. The van der Waals surface area contributed by atoms with Gasteiger partial charge < -0.3 is 0 Å². The van der Waals surface area contributed by atoms with Crippen molar-refractivity contribution in [2.45, 2.75) is 39.5 Å². The minimum absolute atomic E-state index is 0.362. The molecule has 0 aliphatic rings. The summed E-state index contributed by atoms with van der Waals surface area (Å²) < 4.78 is 4.55. The normalized spacial score (nSPS) is 11.6. The molecule has 0 saturated carbocycles. The van der Waals surface area contributed by atoms with Gasteiger partial charge in [0.1, 0.15) is 11.6 Å². The fraction of sp³-hybridized carbons (Fsp3) is 0.113. The summed E-state index contributed by atoms with van der Waals surface area (Å²) in [5.74, 6) is 4.20. The molecule has 10 aromatic rings. The van der Waals surface area contributed by atoms with Crippen LogP contribution in [-0.2, 0) is 0 Å². The molecule has 0 fully saturated rings. The lowest BCUT2D eigenvalue weighted by Gasteiger charge is -2.17. The number of benzene rings is 7. The smallest absolute Gasteiger partial charge is 0.164 e. The monoisotopic (exact) mass is 777 g/mol. The Morgan fingerprint density at radius 3 is 1.15 bits per heavy atom. The summed E-state index contributed by atoms with van der Waals surface area (Å²) in [4.78, 5) is 26.1. The molecule has 0 spiro atoms. The van der Waals surface area contributed by atoms with Crippen LogP contribution in [0.25, 0.3) is 90.4 Å². The number of fused-ring (bicyclic) bond motifs is 2. The van der Waals surface area contributed by atoms with Gasteiger partial charge in [0, 0.05) is 27.8 Å². The Kier molecular flexibility index (Phi) is 9.41. The van der Waals surface area contributed by atoms with Crippen LogP contribution in [0.5, 0.6) is 0 Å². The van der Waals surface area contributed by atoms with Crippen molar-refractivity contribution in [1.82, 2.24) is 34.1 Å². The Hall–Kier alpha value is -7.51. The van der Waals surface area contributed by atoms with Gasteiger partial charge in [-0.05, 0) is 77.6 Å². The first-order chi connectivity index (χ1) is 29.4. The summed E-state index contributed by atoms with van der Waals surface area (Å²) in [5, 5.41) is 0. The zero-order chi connectivity index (χ0) is 40.7. The number of hydrogen-bond donors (Lipinski definition) is 0. The van der Waals surface area contributed by atoms with Crippen LogP contribution in [0.2, 0.25) is 0 Å². The topological polar surface area (TPSA) is 74.3 Å². The van der Waals surface area contributed by atoms with Crippen LogP contribution in [0.3, 0.4) is 0 Å². The molecule has 3 aromatic heterocycles. The van der Waals surface area contributed by atoms with Crippen LogP contribution in [0.15, 0.2) is 176 Å². The van der Waals surface area contributed by atoms with E-state index >= 15 is 0 Å². The second-order valence-corrected chi connectivity index (χ2v) is 15.9. The lowest BCUT2D eigenvalue weighted by atomic mass is 10.0. The second-order valence-electron chi connectivity index (χ2n) is 15.9. The van der Waals surface area contributed by atoms with E-state index in [-0.39, 0.29) is 0 Å². The van der Waals surface area contributed by atoms with E-state index in [0.717, 1.165) is 72.9 Å². The fourth-order valence-electron chi connectivity index (χ4n) is 7.96. The minimum atomic E-state index is 0.362. The van der Waals surface area contributed by atoms with E-state index < -0.39 is 0 Å². The number of nitrogens with zero attached hydrogens (tertiary/aromatic N) is 7. The van der Waals surface area contributed by atoms with Crippen LogP contribution in [0.4, 0.5) is 0 Å². The molecule has 0 atom stereocenters. The van der Waals surface area contributed by atoms with Crippen molar-refractivity contribution >= 4 is 22.1 Å². The standard InChI is InChI=1S/C53H43N7/c1-34(2)38-21-15-23-40(29-38)52-54-45-25-11-13-27-47(45)59(52)43-31-42(51-57-49(36-17-7-5-8-18-36)56-50(58-51)37-19-9-6-10-20-37)32-44(33-43)60-48-28-14-12-26-46(48)55-53(60)41-24-16-22-39(30-41)35(3)4/h5-35H,1-4H3. The molecule has 0 bridgehead atoms. The van der Waals surface area contributed by atoms with Gasteiger partial charge in [0.15, 0.2) is 17.5 Å². The molecule has 0 N–H and O–H groups in total. The van der Waals surface area contributed by atoms with Crippen molar-refractivity contribution in [3.8, 4) is 68.3 Å². The first kappa shape index (κ1) is 36.8. The largest absolute Gasteiger partial charge is 0.292 e. The Labute approximate surface area is 349 Å². The van der Waals surface area contributed by atoms with Gasteiger partial charge in [-0.1, -0.05) is 149 Å². The van der Waals surface area contributed by atoms with Crippen molar-refractivity contribution in [2.75, 3.05) is 0 Å². The van der Waals surface area contributed by atoms with Crippen molar-refractivity contribution < 1.29 is 0 Å². The molecule has 0 amide bonds. The Morgan fingerprint density at radius 2 is 0.717 bits per heavy atom. The fourth-order valence-corrected chi connectivity index (χ4v) is 7.96. The van der Waals surface area contributed by atoms with Gasteiger partial charge >= 0.3 is 0 Å². The summed E-state index contributed by atoms with van der Waals surface area (Å²) >= 11 is 0. The lowest BCUT2D eigenvalue weighted by Crippen LogP contribution is -2.05. The van der Waals surface area contributed by atoms with Gasteiger partial charge in [-0.15, -0.1) is 0 Å². The maximum Gasteiger partial charge on any atom is 0.164 e. The molecule has 0 aliphatic carbocycles. The van der Waals surface area contributed by atoms with Gasteiger partial charge in [0.2, 0.25) is 0 Å². The number of imidazole rings is 2. The predicted molar refractivity (Wildman–Crippen MR) is 244 cm³/mol. The Bertz CT molecular complexity index is 2950. The van der Waals surface area contributed by atoms with Crippen LogP contribution in [-0.4, -0.2) is 34.1 Å². The maximum absolute atomic E-state index is 5.31. The zero-order valence-corrected chi connectivity index (χ0v) is 34.0. The van der Waals surface area contributed by atoms with Gasteiger partial charge in [-0.2, -0.15) is 0 Å². The molecule has 60 heavy (non-hydrogen) atoms. The highest BCUT2D eigenvalue weighted by Crippen LogP contribution is 2.37. The van der Waals surface area contributed by atoms with E-state index in [1.54, 1.807) is 0 Å². The third kappa shape index (κ3) is 6.84. The Balaban J connectivity index is 1.30. The summed E-state index contributed by atoms with van der Waals surface area (Å²) in [6.45, 7) is 8.90. The Morgan fingerprint density at radius 1 is 0.333 bits per heavy atom. The van der Waals surface area contributed by atoms with Crippen LogP contribution in [0.1, 0.15) is 50.7 Å².